The summed E-state index contributed by atoms with van der Waals surface area (Å²) in [7, 11) is 0. The van der Waals surface area contributed by atoms with Gasteiger partial charge in [0.1, 0.15) is 0 Å². The number of pyridine rings is 1. The third kappa shape index (κ3) is 6.54. The van der Waals surface area contributed by atoms with Crippen LogP contribution in [0.5, 0.6) is 0 Å². The van der Waals surface area contributed by atoms with Gasteiger partial charge in [0.15, 0.2) is 0 Å². The Labute approximate surface area is 201 Å². The molecule has 1 aliphatic heterocycles. The number of nitrogens with one attached hydrogen (secondary N) is 2. The molecule has 1 saturated heterocycles. The summed E-state index contributed by atoms with van der Waals surface area (Å²) in [5.74, 6) is -0.0340. The minimum absolute atomic E-state index is 0.0225. The predicted octanol–water partition coefficient (Wildman–Crippen LogP) is 3.91. The molecular weight excluding hydrogens is 457 g/mol. The zero-order valence-electron chi connectivity index (χ0n) is 19.1. The molecule has 1 aromatic carbocycles. The van der Waals surface area contributed by atoms with Gasteiger partial charge in [-0.25, -0.2) is 9.97 Å². The number of amides is 1. The molecule has 1 amide bonds. The van der Waals surface area contributed by atoms with Gasteiger partial charge < -0.3 is 16.4 Å². The first-order valence-corrected chi connectivity index (χ1v) is 11.5. The molecule has 0 radical (unpaired) electrons. The summed E-state index contributed by atoms with van der Waals surface area (Å²) in [5.41, 5.74) is 7.35. The van der Waals surface area contributed by atoms with Crippen LogP contribution in [0.25, 0.3) is 0 Å². The number of piperidine rings is 1. The fraction of sp³-hybridized carbons (Fsp3) is 0.360. The fourth-order valence-electron chi connectivity index (χ4n) is 4.29. The first kappa shape index (κ1) is 24.6. The number of primary amides is 1. The van der Waals surface area contributed by atoms with E-state index in [2.05, 4.69) is 25.6 Å². The highest BCUT2D eigenvalue weighted by Crippen LogP contribution is 2.32. The number of anilines is 2. The Morgan fingerprint density at radius 2 is 1.77 bits per heavy atom. The number of alkyl halides is 3. The second-order valence-corrected chi connectivity index (χ2v) is 8.58. The van der Waals surface area contributed by atoms with Crippen molar-refractivity contribution in [3.05, 3.63) is 76.9 Å². The largest absolute Gasteiger partial charge is 0.419 e. The number of hydrogen-bond acceptors (Lipinski definition) is 6. The molecule has 0 atom stereocenters. The van der Waals surface area contributed by atoms with E-state index in [9.17, 15) is 18.0 Å². The highest BCUT2D eigenvalue weighted by Gasteiger charge is 2.35. The van der Waals surface area contributed by atoms with Gasteiger partial charge in [0.2, 0.25) is 11.9 Å². The quantitative estimate of drug-likeness (QED) is 0.448. The van der Waals surface area contributed by atoms with Gasteiger partial charge in [-0.3, -0.25) is 9.78 Å². The van der Waals surface area contributed by atoms with E-state index in [0.717, 1.165) is 43.4 Å². The van der Waals surface area contributed by atoms with Crippen LogP contribution in [0.2, 0.25) is 0 Å². The number of carbonyl (C=O) groups excluding carboxylic acids is 1. The van der Waals surface area contributed by atoms with E-state index >= 15 is 0 Å². The van der Waals surface area contributed by atoms with Gasteiger partial charge in [0.05, 0.1) is 29.6 Å². The molecule has 184 valence electrons. The Balaban J connectivity index is 1.52. The average molecular weight is 485 g/mol. The molecule has 1 fully saturated rings. The number of hydrogen-bond donors (Lipinski definition) is 3. The Kier molecular flexibility index (Phi) is 7.60. The molecule has 10 heteroatoms. The molecule has 1 aliphatic rings. The number of halogens is 3. The summed E-state index contributed by atoms with van der Waals surface area (Å²) in [6.45, 7) is 1.92. The van der Waals surface area contributed by atoms with Gasteiger partial charge in [-0.2, -0.15) is 13.2 Å². The highest BCUT2D eigenvalue weighted by molar-refractivity contribution is 5.77. The third-order valence-corrected chi connectivity index (χ3v) is 6.09. The maximum absolute atomic E-state index is 13.6. The van der Waals surface area contributed by atoms with Crippen molar-refractivity contribution in [2.75, 3.05) is 18.4 Å². The first-order valence-electron chi connectivity index (χ1n) is 11.5. The molecule has 4 N–H and O–H groups in total. The minimum atomic E-state index is -4.58. The van der Waals surface area contributed by atoms with Gasteiger partial charge in [0, 0.05) is 17.8 Å². The van der Waals surface area contributed by atoms with Gasteiger partial charge in [-0.1, -0.05) is 24.3 Å². The normalized spacial score (nSPS) is 14.6. The van der Waals surface area contributed by atoms with Crippen molar-refractivity contribution >= 4 is 17.5 Å². The van der Waals surface area contributed by atoms with E-state index in [1.54, 1.807) is 30.5 Å². The Bertz CT molecular complexity index is 1160. The van der Waals surface area contributed by atoms with Crippen LogP contribution < -0.4 is 16.4 Å². The fourth-order valence-corrected chi connectivity index (χ4v) is 4.29. The second-order valence-electron chi connectivity index (χ2n) is 8.58. The number of aromatic nitrogens is 3. The van der Waals surface area contributed by atoms with E-state index in [4.69, 9.17) is 5.73 Å². The van der Waals surface area contributed by atoms with Crippen molar-refractivity contribution in [2.45, 2.75) is 44.2 Å². The van der Waals surface area contributed by atoms with E-state index in [1.807, 2.05) is 12.1 Å². The molecule has 0 unspecified atom stereocenters. The molecule has 0 spiro atoms. The number of nitrogens with zero attached hydrogens (tertiary/aromatic N) is 3. The lowest BCUT2D eigenvalue weighted by atomic mass is 9.94. The molecular formula is C25H27F3N6O. The topological polar surface area (TPSA) is 106 Å². The zero-order valence-corrected chi connectivity index (χ0v) is 19.1. The number of aryl methyl sites for hydroxylation is 2. The molecule has 7 nitrogen and oxygen atoms in total. The van der Waals surface area contributed by atoms with Crippen LogP contribution >= 0.6 is 0 Å². The van der Waals surface area contributed by atoms with E-state index in [-0.39, 0.29) is 30.9 Å². The summed E-state index contributed by atoms with van der Waals surface area (Å²) < 4.78 is 40.9. The Morgan fingerprint density at radius 3 is 2.43 bits per heavy atom. The van der Waals surface area contributed by atoms with Gasteiger partial charge >= 0.3 is 6.18 Å². The van der Waals surface area contributed by atoms with E-state index in [0.29, 0.717) is 17.2 Å². The lowest BCUT2D eigenvalue weighted by Gasteiger charge is -2.22. The van der Waals surface area contributed by atoms with Crippen LogP contribution in [0.1, 0.15) is 46.8 Å². The van der Waals surface area contributed by atoms with Crippen LogP contribution in [0.4, 0.5) is 24.8 Å². The zero-order chi connectivity index (χ0) is 24.8. The standard InChI is InChI=1S/C25H27F3N6O/c26-25(27,28)20-15-32-24(33-19-6-8-21(31-14-19)17-9-11-30-12-10-17)34-22(20)7-5-16-3-1-2-4-18(16)13-23(29)35/h1-4,6,8,14-15,17,30H,5,7,9-13H2,(H2,29,35)(H,32,33,34). The Morgan fingerprint density at radius 1 is 1.03 bits per heavy atom. The summed E-state index contributed by atoms with van der Waals surface area (Å²) in [6.07, 6.45) is 0.235. The first-order chi connectivity index (χ1) is 16.8. The molecule has 0 aliphatic carbocycles. The molecule has 4 rings (SSSR count). The minimum Gasteiger partial charge on any atom is -0.369 e. The maximum atomic E-state index is 13.6. The number of carbonyl (C=O) groups is 1. The van der Waals surface area contributed by atoms with Crippen LogP contribution in [0.15, 0.2) is 48.8 Å². The van der Waals surface area contributed by atoms with Crippen molar-refractivity contribution in [3.63, 3.8) is 0 Å². The van der Waals surface area contributed by atoms with E-state index < -0.39 is 17.6 Å². The third-order valence-electron chi connectivity index (χ3n) is 6.09. The molecule has 2 aromatic heterocycles. The SMILES string of the molecule is NC(=O)Cc1ccccc1CCc1nc(Nc2ccc(C3CCNCC3)nc2)ncc1C(F)(F)F. The number of rotatable bonds is 8. The predicted molar refractivity (Wildman–Crippen MR) is 126 cm³/mol. The summed E-state index contributed by atoms with van der Waals surface area (Å²) in [5, 5.41) is 6.29. The van der Waals surface area contributed by atoms with Crippen molar-refractivity contribution in [2.24, 2.45) is 5.73 Å². The average Bonchev–Trinajstić information content (AvgIpc) is 2.83. The number of nitrogens with two attached hydrogens (primary N) is 1. The van der Waals surface area contributed by atoms with Gasteiger partial charge in [-0.15, -0.1) is 0 Å². The van der Waals surface area contributed by atoms with Gasteiger partial charge in [-0.05, 0) is 62.0 Å². The molecule has 3 heterocycles. The summed E-state index contributed by atoms with van der Waals surface area (Å²) in [4.78, 5) is 23.9. The monoisotopic (exact) mass is 484 g/mol. The maximum Gasteiger partial charge on any atom is 0.419 e. The highest BCUT2D eigenvalue weighted by atomic mass is 19.4. The Hall–Kier alpha value is -3.53. The van der Waals surface area contributed by atoms with Gasteiger partial charge in [0.25, 0.3) is 0 Å². The van der Waals surface area contributed by atoms with Crippen molar-refractivity contribution in [1.29, 1.82) is 0 Å². The van der Waals surface area contributed by atoms with E-state index in [1.165, 1.54) is 0 Å². The van der Waals surface area contributed by atoms with Crippen molar-refractivity contribution < 1.29 is 18.0 Å². The van der Waals surface area contributed by atoms with Crippen LogP contribution in [0, 0.1) is 0 Å². The summed E-state index contributed by atoms with van der Waals surface area (Å²) >= 11 is 0. The number of benzene rings is 1. The molecule has 35 heavy (non-hydrogen) atoms. The molecule has 0 bridgehead atoms. The molecule has 0 saturated carbocycles. The van der Waals surface area contributed by atoms with Crippen LogP contribution in [0.3, 0.4) is 0 Å². The van der Waals surface area contributed by atoms with Crippen molar-refractivity contribution in [3.8, 4) is 0 Å². The smallest absolute Gasteiger partial charge is 0.369 e. The van der Waals surface area contributed by atoms with Crippen LogP contribution in [-0.4, -0.2) is 33.9 Å². The lowest BCUT2D eigenvalue weighted by Crippen LogP contribution is -2.27. The van der Waals surface area contributed by atoms with Crippen LogP contribution in [-0.2, 0) is 30.2 Å². The molecule has 3 aromatic rings. The van der Waals surface area contributed by atoms with Crippen molar-refractivity contribution in [1.82, 2.24) is 20.3 Å². The lowest BCUT2D eigenvalue weighted by molar-refractivity contribution is -0.138. The second kappa shape index (κ2) is 10.8. The summed E-state index contributed by atoms with van der Waals surface area (Å²) in [6, 6.07) is 10.8.